The molecule has 2 aliphatic heterocycles. The third-order valence-corrected chi connectivity index (χ3v) is 4.48. The second-order valence-corrected chi connectivity index (χ2v) is 5.43. The Balaban J connectivity index is 1.85. The molecular formula is C13H27N3O. The lowest BCUT2D eigenvalue weighted by molar-refractivity contribution is -0.0107. The van der Waals surface area contributed by atoms with E-state index in [1.54, 1.807) is 0 Å². The molecule has 0 aliphatic carbocycles. The SMILES string of the molecule is CCN1CCC(N(C)C2COCCC2N)CC1. The summed E-state index contributed by atoms with van der Waals surface area (Å²) < 4.78 is 5.57. The Hall–Kier alpha value is -0.160. The molecule has 0 aromatic carbocycles. The van der Waals surface area contributed by atoms with Crippen LogP contribution in [0.4, 0.5) is 0 Å². The average molecular weight is 241 g/mol. The number of rotatable bonds is 3. The first kappa shape index (κ1) is 13.3. The van der Waals surface area contributed by atoms with E-state index in [1.807, 2.05) is 0 Å². The minimum atomic E-state index is 0.290. The Labute approximate surface area is 105 Å². The minimum absolute atomic E-state index is 0.290. The highest BCUT2D eigenvalue weighted by atomic mass is 16.5. The van der Waals surface area contributed by atoms with Crippen LogP contribution in [0.2, 0.25) is 0 Å². The fourth-order valence-corrected chi connectivity index (χ4v) is 3.07. The van der Waals surface area contributed by atoms with Gasteiger partial charge in [0.1, 0.15) is 0 Å². The third kappa shape index (κ3) is 3.19. The molecule has 0 spiro atoms. The first-order valence-electron chi connectivity index (χ1n) is 7.00. The van der Waals surface area contributed by atoms with Crippen molar-refractivity contribution in [2.45, 2.75) is 44.3 Å². The summed E-state index contributed by atoms with van der Waals surface area (Å²) >= 11 is 0. The zero-order valence-corrected chi connectivity index (χ0v) is 11.3. The summed E-state index contributed by atoms with van der Waals surface area (Å²) in [4.78, 5) is 5.01. The molecule has 2 N–H and O–H groups in total. The second kappa shape index (κ2) is 6.14. The van der Waals surface area contributed by atoms with E-state index in [0.29, 0.717) is 12.1 Å². The highest BCUT2D eigenvalue weighted by Crippen LogP contribution is 2.20. The lowest BCUT2D eigenvalue weighted by Crippen LogP contribution is -2.56. The van der Waals surface area contributed by atoms with Crippen molar-refractivity contribution >= 4 is 0 Å². The molecule has 2 rings (SSSR count). The fraction of sp³-hybridized carbons (Fsp3) is 1.00. The van der Waals surface area contributed by atoms with Crippen molar-refractivity contribution in [3.63, 3.8) is 0 Å². The summed E-state index contributed by atoms with van der Waals surface area (Å²) in [5.74, 6) is 0. The Morgan fingerprint density at radius 1 is 1.29 bits per heavy atom. The summed E-state index contributed by atoms with van der Waals surface area (Å²) in [6.07, 6.45) is 3.55. The number of hydrogen-bond donors (Lipinski definition) is 1. The molecule has 2 fully saturated rings. The van der Waals surface area contributed by atoms with E-state index in [9.17, 15) is 0 Å². The van der Waals surface area contributed by atoms with Crippen LogP contribution in [0, 0.1) is 0 Å². The molecule has 100 valence electrons. The summed E-state index contributed by atoms with van der Waals surface area (Å²) in [5.41, 5.74) is 6.21. The van der Waals surface area contributed by atoms with Gasteiger partial charge >= 0.3 is 0 Å². The maximum Gasteiger partial charge on any atom is 0.0636 e. The van der Waals surface area contributed by atoms with E-state index >= 15 is 0 Å². The van der Waals surface area contributed by atoms with Gasteiger partial charge in [-0.1, -0.05) is 6.92 Å². The van der Waals surface area contributed by atoms with Gasteiger partial charge in [-0.15, -0.1) is 0 Å². The maximum atomic E-state index is 6.21. The Kier molecular flexibility index (Phi) is 4.79. The average Bonchev–Trinajstić information content (AvgIpc) is 2.39. The van der Waals surface area contributed by atoms with Crippen LogP contribution >= 0.6 is 0 Å². The number of nitrogens with zero attached hydrogens (tertiary/aromatic N) is 2. The van der Waals surface area contributed by atoms with Gasteiger partial charge in [0.25, 0.3) is 0 Å². The molecule has 2 heterocycles. The molecule has 0 radical (unpaired) electrons. The van der Waals surface area contributed by atoms with Crippen LogP contribution in [0.1, 0.15) is 26.2 Å². The van der Waals surface area contributed by atoms with E-state index in [1.165, 1.54) is 32.5 Å². The van der Waals surface area contributed by atoms with Crippen LogP contribution in [0.25, 0.3) is 0 Å². The normalized spacial score (nSPS) is 33.2. The number of hydrogen-bond acceptors (Lipinski definition) is 4. The van der Waals surface area contributed by atoms with Crippen molar-refractivity contribution in [2.75, 3.05) is 39.9 Å². The van der Waals surface area contributed by atoms with Gasteiger partial charge in [0.2, 0.25) is 0 Å². The van der Waals surface area contributed by atoms with E-state index in [4.69, 9.17) is 10.5 Å². The van der Waals surface area contributed by atoms with E-state index in [2.05, 4.69) is 23.8 Å². The molecule has 0 saturated carbocycles. The number of likely N-dealkylation sites (N-methyl/N-ethyl adjacent to an activating group) is 1. The molecule has 0 amide bonds. The number of piperidine rings is 1. The van der Waals surface area contributed by atoms with Crippen molar-refractivity contribution in [1.29, 1.82) is 0 Å². The van der Waals surface area contributed by atoms with E-state index in [-0.39, 0.29) is 6.04 Å². The van der Waals surface area contributed by atoms with Gasteiger partial charge in [-0.2, -0.15) is 0 Å². The van der Waals surface area contributed by atoms with Gasteiger partial charge < -0.3 is 15.4 Å². The lowest BCUT2D eigenvalue weighted by atomic mass is 9.97. The topological polar surface area (TPSA) is 41.7 Å². The maximum absolute atomic E-state index is 6.21. The second-order valence-electron chi connectivity index (χ2n) is 5.43. The van der Waals surface area contributed by atoms with Crippen LogP contribution in [0.15, 0.2) is 0 Å². The molecule has 0 aromatic rings. The number of nitrogens with two attached hydrogens (primary N) is 1. The third-order valence-electron chi connectivity index (χ3n) is 4.48. The van der Waals surface area contributed by atoms with Crippen LogP contribution in [0.3, 0.4) is 0 Å². The zero-order valence-electron chi connectivity index (χ0n) is 11.3. The van der Waals surface area contributed by atoms with Crippen molar-refractivity contribution in [3.8, 4) is 0 Å². The smallest absolute Gasteiger partial charge is 0.0636 e. The first-order valence-corrected chi connectivity index (χ1v) is 7.00. The Bertz CT molecular complexity index is 229. The highest BCUT2D eigenvalue weighted by molar-refractivity contribution is 4.88. The quantitative estimate of drug-likeness (QED) is 0.782. The van der Waals surface area contributed by atoms with Crippen LogP contribution in [-0.2, 0) is 4.74 Å². The molecule has 2 saturated heterocycles. The van der Waals surface area contributed by atoms with Crippen LogP contribution in [0.5, 0.6) is 0 Å². The standard InChI is InChI=1S/C13H27N3O/c1-3-16-7-4-11(5-8-16)15(2)13-10-17-9-6-12(13)14/h11-13H,3-10,14H2,1-2H3. The van der Waals surface area contributed by atoms with Gasteiger partial charge in [0.15, 0.2) is 0 Å². The lowest BCUT2D eigenvalue weighted by Gasteiger charge is -2.43. The Morgan fingerprint density at radius 3 is 2.59 bits per heavy atom. The van der Waals surface area contributed by atoms with Crippen molar-refractivity contribution < 1.29 is 4.74 Å². The molecule has 0 bridgehead atoms. The Morgan fingerprint density at radius 2 is 2.00 bits per heavy atom. The van der Waals surface area contributed by atoms with Gasteiger partial charge in [-0.25, -0.2) is 0 Å². The van der Waals surface area contributed by atoms with Crippen molar-refractivity contribution in [2.24, 2.45) is 5.73 Å². The van der Waals surface area contributed by atoms with Gasteiger partial charge in [-0.05, 0) is 45.9 Å². The zero-order chi connectivity index (χ0) is 12.3. The number of ether oxygens (including phenoxy) is 1. The molecule has 4 heteroatoms. The summed E-state index contributed by atoms with van der Waals surface area (Å²) in [6, 6.07) is 1.40. The largest absolute Gasteiger partial charge is 0.380 e. The number of likely N-dealkylation sites (tertiary alicyclic amines) is 1. The molecule has 2 unspecified atom stereocenters. The molecule has 17 heavy (non-hydrogen) atoms. The highest BCUT2D eigenvalue weighted by Gasteiger charge is 2.31. The van der Waals surface area contributed by atoms with Crippen molar-refractivity contribution in [1.82, 2.24) is 9.80 Å². The van der Waals surface area contributed by atoms with Crippen molar-refractivity contribution in [3.05, 3.63) is 0 Å². The summed E-state index contributed by atoms with van der Waals surface area (Å²) in [7, 11) is 2.23. The molecule has 4 nitrogen and oxygen atoms in total. The van der Waals surface area contributed by atoms with Crippen LogP contribution in [-0.4, -0.2) is 67.8 Å². The van der Waals surface area contributed by atoms with Gasteiger partial charge in [0.05, 0.1) is 6.61 Å². The molecule has 0 aromatic heterocycles. The first-order chi connectivity index (χ1) is 8.22. The van der Waals surface area contributed by atoms with E-state index < -0.39 is 0 Å². The molecular weight excluding hydrogens is 214 g/mol. The predicted molar refractivity (Wildman–Crippen MR) is 70.1 cm³/mol. The van der Waals surface area contributed by atoms with E-state index in [0.717, 1.165) is 19.6 Å². The summed E-state index contributed by atoms with van der Waals surface area (Å²) in [5, 5.41) is 0. The van der Waals surface area contributed by atoms with Gasteiger partial charge in [0, 0.05) is 24.7 Å². The molecule has 2 aliphatic rings. The minimum Gasteiger partial charge on any atom is -0.380 e. The van der Waals surface area contributed by atoms with Gasteiger partial charge in [-0.3, -0.25) is 4.90 Å². The monoisotopic (exact) mass is 241 g/mol. The predicted octanol–water partition coefficient (Wildman–Crippen LogP) is 0.519. The molecule has 2 atom stereocenters. The van der Waals surface area contributed by atoms with Crippen LogP contribution < -0.4 is 5.73 Å². The fourth-order valence-electron chi connectivity index (χ4n) is 3.07. The summed E-state index contributed by atoms with van der Waals surface area (Å²) in [6.45, 7) is 7.53.